The van der Waals surface area contributed by atoms with Crippen molar-refractivity contribution in [2.75, 3.05) is 6.54 Å². The van der Waals surface area contributed by atoms with Crippen molar-refractivity contribution in [1.29, 1.82) is 0 Å². The van der Waals surface area contributed by atoms with Crippen molar-refractivity contribution in [2.24, 2.45) is 0 Å². The average molecular weight is 339 g/mol. The second-order valence-corrected chi connectivity index (χ2v) is 5.20. The molecule has 0 spiro atoms. The Morgan fingerprint density at radius 2 is 1.62 bits per heavy atom. The lowest BCUT2D eigenvalue weighted by Crippen LogP contribution is -2.32. The van der Waals surface area contributed by atoms with Gasteiger partial charge >= 0.3 is 6.18 Å². The van der Waals surface area contributed by atoms with Crippen LogP contribution in [0, 0.1) is 0 Å². The van der Waals surface area contributed by atoms with E-state index in [0.717, 1.165) is 12.1 Å². The maximum Gasteiger partial charge on any atom is 0.416 e. The van der Waals surface area contributed by atoms with E-state index >= 15 is 0 Å². The van der Waals surface area contributed by atoms with Gasteiger partial charge in [-0.1, -0.05) is 42.5 Å². The summed E-state index contributed by atoms with van der Waals surface area (Å²) in [6.07, 6.45) is -7.25. The van der Waals surface area contributed by atoms with E-state index in [0.29, 0.717) is 5.56 Å². The highest BCUT2D eigenvalue weighted by Gasteiger charge is 2.31. The van der Waals surface area contributed by atoms with E-state index in [1.807, 2.05) is 0 Å². The lowest BCUT2D eigenvalue weighted by Gasteiger charge is -2.16. The van der Waals surface area contributed by atoms with Crippen LogP contribution in [0.5, 0.6) is 0 Å². The monoisotopic (exact) mass is 339 g/mol. The minimum absolute atomic E-state index is 0.0272. The third-order valence-corrected chi connectivity index (χ3v) is 3.43. The number of hydrogen-bond acceptors (Lipinski definition) is 3. The van der Waals surface area contributed by atoms with Gasteiger partial charge < -0.3 is 15.5 Å². The SMILES string of the molecule is O=C(NCC(O)c1cccc(C(F)(F)F)c1)C(O)c1ccccc1. The molecule has 128 valence electrons. The highest BCUT2D eigenvalue weighted by Crippen LogP contribution is 2.30. The lowest BCUT2D eigenvalue weighted by atomic mass is 10.1. The molecule has 24 heavy (non-hydrogen) atoms. The van der Waals surface area contributed by atoms with E-state index in [-0.39, 0.29) is 12.1 Å². The van der Waals surface area contributed by atoms with Crippen molar-refractivity contribution in [1.82, 2.24) is 5.32 Å². The quantitative estimate of drug-likeness (QED) is 0.784. The van der Waals surface area contributed by atoms with Gasteiger partial charge in [0.2, 0.25) is 0 Å². The molecule has 2 unspecified atom stereocenters. The average Bonchev–Trinajstić information content (AvgIpc) is 2.58. The van der Waals surface area contributed by atoms with Crippen LogP contribution < -0.4 is 5.32 Å². The molecule has 7 heteroatoms. The van der Waals surface area contributed by atoms with Gasteiger partial charge in [-0.05, 0) is 23.3 Å². The van der Waals surface area contributed by atoms with Crippen LogP contribution in [0.25, 0.3) is 0 Å². The van der Waals surface area contributed by atoms with Gasteiger partial charge in [0.25, 0.3) is 5.91 Å². The Balaban J connectivity index is 1.98. The zero-order valence-electron chi connectivity index (χ0n) is 12.5. The number of alkyl halides is 3. The maximum absolute atomic E-state index is 12.7. The van der Waals surface area contributed by atoms with Crippen molar-refractivity contribution in [3.8, 4) is 0 Å². The Hall–Kier alpha value is -2.38. The van der Waals surface area contributed by atoms with Crippen LogP contribution in [-0.2, 0) is 11.0 Å². The summed E-state index contributed by atoms with van der Waals surface area (Å²) in [6.45, 7) is -0.315. The Morgan fingerprint density at radius 3 is 2.25 bits per heavy atom. The second-order valence-electron chi connectivity index (χ2n) is 5.20. The number of carbonyl (C=O) groups excluding carboxylic acids is 1. The van der Waals surface area contributed by atoms with Crippen molar-refractivity contribution < 1.29 is 28.2 Å². The predicted octanol–water partition coefficient (Wildman–Crippen LogP) is 2.59. The highest BCUT2D eigenvalue weighted by molar-refractivity contribution is 5.81. The van der Waals surface area contributed by atoms with E-state index in [2.05, 4.69) is 5.32 Å². The second kappa shape index (κ2) is 7.46. The minimum Gasteiger partial charge on any atom is -0.387 e. The van der Waals surface area contributed by atoms with E-state index in [1.165, 1.54) is 12.1 Å². The molecule has 0 heterocycles. The number of halogens is 3. The van der Waals surface area contributed by atoms with Gasteiger partial charge in [-0.2, -0.15) is 13.2 Å². The van der Waals surface area contributed by atoms with Gasteiger partial charge in [-0.25, -0.2) is 0 Å². The summed E-state index contributed by atoms with van der Waals surface area (Å²) in [4.78, 5) is 11.9. The number of benzene rings is 2. The summed E-state index contributed by atoms with van der Waals surface area (Å²) >= 11 is 0. The van der Waals surface area contributed by atoms with Crippen LogP contribution in [-0.4, -0.2) is 22.7 Å². The Bertz CT molecular complexity index is 689. The predicted molar refractivity (Wildman–Crippen MR) is 80.8 cm³/mol. The molecular weight excluding hydrogens is 323 g/mol. The molecule has 0 aliphatic heterocycles. The largest absolute Gasteiger partial charge is 0.416 e. The van der Waals surface area contributed by atoms with Gasteiger partial charge in [0.1, 0.15) is 0 Å². The van der Waals surface area contributed by atoms with E-state index < -0.39 is 29.9 Å². The van der Waals surface area contributed by atoms with Crippen molar-refractivity contribution in [3.05, 3.63) is 71.3 Å². The summed E-state index contributed by atoms with van der Waals surface area (Å²) < 4.78 is 38.0. The molecule has 1 amide bonds. The fraction of sp³-hybridized carbons (Fsp3) is 0.235. The molecule has 0 aliphatic rings. The van der Waals surface area contributed by atoms with Crippen molar-refractivity contribution in [2.45, 2.75) is 18.4 Å². The topological polar surface area (TPSA) is 69.6 Å². The van der Waals surface area contributed by atoms with Crippen molar-refractivity contribution >= 4 is 5.91 Å². The number of carbonyl (C=O) groups is 1. The first kappa shape index (κ1) is 18.0. The van der Waals surface area contributed by atoms with E-state index in [9.17, 15) is 28.2 Å². The van der Waals surface area contributed by atoms with Crippen molar-refractivity contribution in [3.63, 3.8) is 0 Å². The van der Waals surface area contributed by atoms with Gasteiger partial charge in [-0.3, -0.25) is 4.79 Å². The summed E-state index contributed by atoms with van der Waals surface area (Å²) in [5.74, 6) is -0.743. The Labute approximate surface area is 136 Å². The Morgan fingerprint density at radius 1 is 1.00 bits per heavy atom. The zero-order chi connectivity index (χ0) is 17.7. The normalized spacial score (nSPS) is 14.0. The Kier molecular flexibility index (Phi) is 5.58. The molecule has 2 aromatic rings. The molecule has 3 N–H and O–H groups in total. The first-order chi connectivity index (χ1) is 11.3. The van der Waals surface area contributed by atoms with Gasteiger partial charge in [0.05, 0.1) is 11.7 Å². The fourth-order valence-electron chi connectivity index (χ4n) is 2.12. The molecule has 0 saturated carbocycles. The summed E-state index contributed by atoms with van der Waals surface area (Å²) in [7, 11) is 0. The molecule has 0 aliphatic carbocycles. The standard InChI is InChI=1S/C17H16F3NO3/c18-17(19,20)13-8-4-7-12(9-13)14(22)10-21-16(24)15(23)11-5-2-1-3-6-11/h1-9,14-15,22-23H,10H2,(H,21,24). The molecule has 0 saturated heterocycles. The third kappa shape index (κ3) is 4.56. The summed E-state index contributed by atoms with van der Waals surface area (Å²) in [6, 6.07) is 12.4. The van der Waals surface area contributed by atoms with Crippen LogP contribution in [0.15, 0.2) is 54.6 Å². The highest BCUT2D eigenvalue weighted by atomic mass is 19.4. The molecular formula is C17H16F3NO3. The van der Waals surface area contributed by atoms with E-state index in [1.54, 1.807) is 30.3 Å². The van der Waals surface area contributed by atoms with Crippen LogP contribution in [0.1, 0.15) is 28.9 Å². The number of hydrogen-bond donors (Lipinski definition) is 3. The molecule has 0 bridgehead atoms. The summed E-state index contributed by atoms with van der Waals surface area (Å²) in [5, 5.41) is 22.1. The fourth-order valence-corrected chi connectivity index (χ4v) is 2.12. The number of aliphatic hydroxyl groups is 2. The molecule has 0 fully saturated rings. The third-order valence-electron chi connectivity index (χ3n) is 3.43. The number of amides is 1. The molecule has 2 aromatic carbocycles. The van der Waals surface area contributed by atoms with Crippen LogP contribution in [0.4, 0.5) is 13.2 Å². The maximum atomic E-state index is 12.7. The molecule has 0 aromatic heterocycles. The molecule has 4 nitrogen and oxygen atoms in total. The van der Waals surface area contributed by atoms with Crippen LogP contribution >= 0.6 is 0 Å². The first-order valence-corrected chi connectivity index (χ1v) is 7.15. The van der Waals surface area contributed by atoms with Crippen LogP contribution in [0.3, 0.4) is 0 Å². The number of aliphatic hydroxyl groups excluding tert-OH is 2. The number of rotatable bonds is 5. The van der Waals surface area contributed by atoms with Gasteiger partial charge in [0.15, 0.2) is 6.10 Å². The van der Waals surface area contributed by atoms with Gasteiger partial charge in [0, 0.05) is 6.54 Å². The van der Waals surface area contributed by atoms with E-state index in [4.69, 9.17) is 0 Å². The zero-order valence-corrected chi connectivity index (χ0v) is 12.5. The van der Waals surface area contributed by atoms with Crippen LogP contribution in [0.2, 0.25) is 0 Å². The summed E-state index contributed by atoms with van der Waals surface area (Å²) in [5.41, 5.74) is -0.474. The number of nitrogens with one attached hydrogen (secondary N) is 1. The van der Waals surface area contributed by atoms with Gasteiger partial charge in [-0.15, -0.1) is 0 Å². The molecule has 2 atom stereocenters. The minimum atomic E-state index is -4.51. The first-order valence-electron chi connectivity index (χ1n) is 7.15. The molecule has 2 rings (SSSR count). The smallest absolute Gasteiger partial charge is 0.387 e. The lowest BCUT2D eigenvalue weighted by molar-refractivity contribution is -0.137. The molecule has 0 radical (unpaired) electrons.